The highest BCUT2D eigenvalue weighted by Gasteiger charge is 2.01. The summed E-state index contributed by atoms with van der Waals surface area (Å²) in [6, 6.07) is 7.40. The van der Waals surface area contributed by atoms with Crippen LogP contribution in [0.5, 0.6) is 0 Å². The van der Waals surface area contributed by atoms with Gasteiger partial charge in [0.1, 0.15) is 0 Å². The Labute approximate surface area is 73.6 Å². The molecule has 0 bridgehead atoms. The fourth-order valence-corrected chi connectivity index (χ4v) is 0.908. The van der Waals surface area contributed by atoms with Crippen LogP contribution in [-0.2, 0) is 16.0 Å². The van der Waals surface area contributed by atoms with Crippen molar-refractivity contribution in [2.45, 2.75) is 13.3 Å². The molecule has 0 heterocycles. The van der Waals surface area contributed by atoms with E-state index in [0.717, 1.165) is 0 Å². The third kappa shape index (κ3) is 2.74. The van der Waals surface area contributed by atoms with Crippen LogP contribution in [0, 0.1) is 0 Å². The highest BCUT2D eigenvalue weighted by molar-refractivity contribution is 5.72. The first-order valence-electron chi connectivity index (χ1n) is 4.44. The van der Waals surface area contributed by atoms with Gasteiger partial charge in [0.05, 0.1) is 14.4 Å². The molecule has 0 radical (unpaired) electrons. The molecular weight excluding hydrogens is 152 g/mol. The minimum absolute atomic E-state index is 0.188. The normalized spacial score (nSPS) is 10.6. The van der Waals surface area contributed by atoms with Crippen LogP contribution < -0.4 is 0 Å². The number of hydrogen-bond acceptors (Lipinski definition) is 2. The van der Waals surface area contributed by atoms with Gasteiger partial charge in [-0.1, -0.05) is 30.3 Å². The van der Waals surface area contributed by atoms with Crippen molar-refractivity contribution in [3.8, 4) is 0 Å². The van der Waals surface area contributed by atoms with Gasteiger partial charge in [-0.15, -0.1) is 0 Å². The number of hydrogen-bond donors (Lipinski definition) is 0. The van der Waals surface area contributed by atoms with Crippen molar-refractivity contribution in [1.29, 1.82) is 0 Å². The number of rotatable bonds is 3. The Hall–Kier alpha value is -1.31. The number of esters is 1. The Morgan fingerprint density at radius 1 is 1.58 bits per heavy atom. The first-order valence-corrected chi connectivity index (χ1v) is 3.94. The Balaban J connectivity index is 2.63. The van der Waals surface area contributed by atoms with Crippen LogP contribution in [0.3, 0.4) is 0 Å². The molecule has 0 aromatic heterocycles. The summed E-state index contributed by atoms with van der Waals surface area (Å²) in [5.74, 6) is -0.276. The van der Waals surface area contributed by atoms with E-state index in [1.54, 1.807) is 25.1 Å². The van der Waals surface area contributed by atoms with Crippen molar-refractivity contribution >= 4 is 5.97 Å². The lowest BCUT2D eigenvalue weighted by Crippen LogP contribution is -2.06. The highest BCUT2D eigenvalue weighted by Crippen LogP contribution is 2.00. The molecule has 0 aliphatic heterocycles. The van der Waals surface area contributed by atoms with E-state index in [1.807, 2.05) is 6.07 Å². The molecule has 0 spiro atoms. The van der Waals surface area contributed by atoms with E-state index in [0.29, 0.717) is 18.2 Å². The summed E-state index contributed by atoms with van der Waals surface area (Å²) in [5.41, 5.74) is 0.709. The lowest BCUT2D eigenvalue weighted by atomic mass is 10.2. The van der Waals surface area contributed by atoms with Crippen LogP contribution in [0.25, 0.3) is 0 Å². The average molecular weight is 165 g/mol. The molecule has 2 heteroatoms. The third-order valence-corrected chi connectivity index (χ3v) is 1.41. The number of ether oxygens (including phenoxy) is 1. The molecule has 0 fully saturated rings. The standard InChI is InChI=1S/C10H12O2/c1-2-12-10(11)8-9-6-4-3-5-7-9/h3-7H,2,8H2,1H3/i6D. The first kappa shape index (κ1) is 7.35. The SMILES string of the molecule is [2H]c1ccccc1CC(=O)OCC. The van der Waals surface area contributed by atoms with Crippen molar-refractivity contribution in [1.82, 2.24) is 0 Å². The molecular formula is C10H12O2. The maximum Gasteiger partial charge on any atom is 0.310 e. The predicted molar refractivity (Wildman–Crippen MR) is 46.8 cm³/mol. The van der Waals surface area contributed by atoms with E-state index < -0.39 is 0 Å². The summed E-state index contributed by atoms with van der Waals surface area (Å²) in [7, 11) is 0. The van der Waals surface area contributed by atoms with Crippen LogP contribution >= 0.6 is 0 Å². The van der Waals surface area contributed by atoms with Crippen molar-refractivity contribution < 1.29 is 10.9 Å². The van der Waals surface area contributed by atoms with Crippen LogP contribution in [0.4, 0.5) is 0 Å². The molecule has 0 unspecified atom stereocenters. The Kier molecular flexibility index (Phi) is 2.78. The van der Waals surface area contributed by atoms with Crippen LogP contribution in [0.1, 0.15) is 13.9 Å². The van der Waals surface area contributed by atoms with Crippen LogP contribution in [0.15, 0.2) is 30.3 Å². The van der Waals surface area contributed by atoms with Gasteiger partial charge >= 0.3 is 5.97 Å². The molecule has 0 amide bonds. The summed E-state index contributed by atoms with van der Waals surface area (Å²) in [5, 5.41) is 0. The van der Waals surface area contributed by atoms with Gasteiger partial charge < -0.3 is 4.74 Å². The zero-order valence-corrected chi connectivity index (χ0v) is 7.04. The largest absolute Gasteiger partial charge is 0.466 e. The molecule has 64 valence electrons. The predicted octanol–water partition coefficient (Wildman–Crippen LogP) is 1.79. The van der Waals surface area contributed by atoms with Crippen molar-refractivity contribution in [2.75, 3.05) is 6.61 Å². The van der Waals surface area contributed by atoms with E-state index in [1.165, 1.54) is 0 Å². The second-order valence-electron chi connectivity index (χ2n) is 2.37. The van der Waals surface area contributed by atoms with Gasteiger partial charge in [0.2, 0.25) is 0 Å². The zero-order valence-electron chi connectivity index (χ0n) is 8.04. The van der Waals surface area contributed by atoms with Gasteiger partial charge in [-0.05, 0) is 12.5 Å². The lowest BCUT2D eigenvalue weighted by molar-refractivity contribution is -0.142. The third-order valence-electron chi connectivity index (χ3n) is 1.41. The molecule has 0 aliphatic rings. The summed E-state index contributed by atoms with van der Waals surface area (Å²) < 4.78 is 12.3. The fraction of sp³-hybridized carbons (Fsp3) is 0.300. The summed E-state index contributed by atoms with van der Waals surface area (Å²) in [6.07, 6.45) is 0.188. The molecule has 1 rings (SSSR count). The smallest absolute Gasteiger partial charge is 0.310 e. The summed E-state index contributed by atoms with van der Waals surface area (Å²) in [4.78, 5) is 11.1. The molecule has 0 N–H and O–H groups in total. The molecule has 2 nitrogen and oxygen atoms in total. The molecule has 0 atom stereocenters. The average Bonchev–Trinajstić information content (AvgIpc) is 2.09. The Bertz CT molecular complexity index is 297. The van der Waals surface area contributed by atoms with Gasteiger partial charge in [-0.25, -0.2) is 0 Å². The van der Waals surface area contributed by atoms with Crippen molar-refractivity contribution in [3.05, 3.63) is 35.9 Å². The van der Waals surface area contributed by atoms with Gasteiger partial charge in [-0.2, -0.15) is 0 Å². The highest BCUT2D eigenvalue weighted by atomic mass is 16.5. The quantitative estimate of drug-likeness (QED) is 0.638. The van der Waals surface area contributed by atoms with Gasteiger partial charge in [0.15, 0.2) is 0 Å². The fourth-order valence-electron chi connectivity index (χ4n) is 0.908. The lowest BCUT2D eigenvalue weighted by Gasteiger charge is -2.00. The number of carbonyl (C=O) groups excluding carboxylic acids is 1. The van der Waals surface area contributed by atoms with Gasteiger partial charge in [0, 0.05) is 0 Å². The number of benzene rings is 1. The zero-order chi connectivity index (χ0) is 9.68. The van der Waals surface area contributed by atoms with Gasteiger partial charge in [0.25, 0.3) is 0 Å². The minimum atomic E-state index is -0.276. The Morgan fingerprint density at radius 2 is 2.42 bits per heavy atom. The van der Waals surface area contributed by atoms with Gasteiger partial charge in [-0.3, -0.25) is 4.79 Å². The molecule has 12 heavy (non-hydrogen) atoms. The minimum Gasteiger partial charge on any atom is -0.466 e. The monoisotopic (exact) mass is 165 g/mol. The molecule has 1 aromatic carbocycles. The van der Waals surface area contributed by atoms with E-state index >= 15 is 0 Å². The molecule has 0 saturated heterocycles. The Morgan fingerprint density at radius 3 is 3.08 bits per heavy atom. The van der Waals surface area contributed by atoms with Crippen LogP contribution in [-0.4, -0.2) is 12.6 Å². The first-order chi connectivity index (χ1) is 6.24. The molecule has 1 aromatic rings. The maximum absolute atomic E-state index is 11.1. The van der Waals surface area contributed by atoms with Crippen molar-refractivity contribution in [2.24, 2.45) is 0 Å². The number of carbonyl (C=O) groups is 1. The summed E-state index contributed by atoms with van der Waals surface area (Å²) >= 11 is 0. The topological polar surface area (TPSA) is 26.3 Å². The summed E-state index contributed by atoms with van der Waals surface area (Å²) in [6.45, 7) is 2.16. The second kappa shape index (κ2) is 4.54. The van der Waals surface area contributed by atoms with Crippen LogP contribution in [0.2, 0.25) is 0 Å². The van der Waals surface area contributed by atoms with E-state index in [4.69, 9.17) is 6.11 Å². The molecule has 0 saturated carbocycles. The van der Waals surface area contributed by atoms with E-state index in [-0.39, 0.29) is 12.4 Å². The molecule has 0 aliphatic carbocycles. The van der Waals surface area contributed by atoms with E-state index in [9.17, 15) is 4.79 Å². The maximum atomic E-state index is 11.1. The second-order valence-corrected chi connectivity index (χ2v) is 2.37. The van der Waals surface area contributed by atoms with E-state index in [2.05, 4.69) is 0 Å². The van der Waals surface area contributed by atoms with Crippen molar-refractivity contribution in [3.63, 3.8) is 0 Å².